The van der Waals surface area contributed by atoms with Crippen molar-refractivity contribution in [3.63, 3.8) is 0 Å². The van der Waals surface area contributed by atoms with Crippen molar-refractivity contribution >= 4 is 35.5 Å². The van der Waals surface area contributed by atoms with Gasteiger partial charge in [-0.25, -0.2) is 14.6 Å². The molecule has 0 heterocycles. The van der Waals surface area contributed by atoms with Crippen molar-refractivity contribution in [3.05, 3.63) is 107 Å². The fourth-order valence-corrected chi connectivity index (χ4v) is 3.35. The Kier molecular flexibility index (Phi) is 8.45. The molecule has 0 aliphatic heterocycles. The highest BCUT2D eigenvalue weighted by molar-refractivity contribution is 6.30. The van der Waals surface area contributed by atoms with Gasteiger partial charge in [-0.2, -0.15) is 0 Å². The Morgan fingerprint density at radius 1 is 0.694 bits per heavy atom. The lowest BCUT2D eigenvalue weighted by Crippen LogP contribution is -2.60. The minimum Gasteiger partial charge on any atom is -0.424 e. The molecule has 0 radical (unpaired) electrons. The van der Waals surface area contributed by atoms with Gasteiger partial charge in [0.15, 0.2) is 0 Å². The number of ether oxygens (including phenoxy) is 2. The molecule has 0 saturated heterocycles. The van der Waals surface area contributed by atoms with Crippen molar-refractivity contribution in [1.82, 2.24) is 10.0 Å². The highest BCUT2D eigenvalue weighted by Gasteiger charge is 2.41. The van der Waals surface area contributed by atoms with Crippen LogP contribution in [0.3, 0.4) is 0 Å². The zero-order chi connectivity index (χ0) is 26.3. The number of halogens is 1. The summed E-state index contributed by atoms with van der Waals surface area (Å²) in [6.45, 7) is 4.23. The van der Waals surface area contributed by atoms with Gasteiger partial charge in [0.05, 0.1) is 11.1 Å². The number of hydrogen-bond acceptors (Lipinski definition) is 6. The van der Waals surface area contributed by atoms with Gasteiger partial charge in [-0.1, -0.05) is 48.0 Å². The molecular formula is C27H25ClN2O6. The first kappa shape index (κ1) is 26.4. The van der Waals surface area contributed by atoms with E-state index in [2.05, 4.69) is 0 Å². The van der Waals surface area contributed by atoms with Crippen LogP contribution in [0.2, 0.25) is 5.02 Å². The van der Waals surface area contributed by atoms with E-state index in [0.717, 1.165) is 5.01 Å². The van der Waals surface area contributed by atoms with Crippen LogP contribution < -0.4 is 0 Å². The molecule has 3 aromatic carbocycles. The quantitative estimate of drug-likeness (QED) is 0.253. The second-order valence-corrected chi connectivity index (χ2v) is 9.04. The number of esters is 1. The molecule has 186 valence electrons. The van der Waals surface area contributed by atoms with Crippen LogP contribution in [0.1, 0.15) is 51.8 Å². The lowest BCUT2D eigenvalue weighted by atomic mass is 10.1. The molecule has 0 atom stereocenters. The van der Waals surface area contributed by atoms with Gasteiger partial charge in [0.1, 0.15) is 0 Å². The van der Waals surface area contributed by atoms with E-state index in [9.17, 15) is 19.2 Å². The van der Waals surface area contributed by atoms with Crippen LogP contribution in [0.5, 0.6) is 0 Å². The third kappa shape index (κ3) is 6.49. The Morgan fingerprint density at radius 3 is 1.72 bits per heavy atom. The number of carbonyl (C=O) groups is 4. The number of nitrogens with zero attached hydrogens (tertiary/aromatic N) is 2. The van der Waals surface area contributed by atoms with E-state index in [1.54, 1.807) is 81.4 Å². The topological polar surface area (TPSA) is 93.2 Å². The number of imide groups is 1. The average Bonchev–Trinajstić information content (AvgIpc) is 2.87. The van der Waals surface area contributed by atoms with Crippen LogP contribution in [-0.4, -0.2) is 46.2 Å². The normalized spacial score (nSPS) is 10.8. The minimum atomic E-state index is -1.20. The van der Waals surface area contributed by atoms with Gasteiger partial charge in [0.2, 0.25) is 6.79 Å². The summed E-state index contributed by atoms with van der Waals surface area (Å²) in [6, 6.07) is 22.2. The summed E-state index contributed by atoms with van der Waals surface area (Å²) >= 11 is 5.94. The maximum atomic E-state index is 13.5. The monoisotopic (exact) mass is 508 g/mol. The molecule has 0 aliphatic carbocycles. The molecule has 0 saturated carbocycles. The summed E-state index contributed by atoms with van der Waals surface area (Å²) in [5, 5.41) is 2.01. The molecule has 3 rings (SSSR count). The summed E-state index contributed by atoms with van der Waals surface area (Å²) in [5.74, 6) is -2.15. The second-order valence-electron chi connectivity index (χ2n) is 8.60. The molecule has 9 heteroatoms. The number of carbonyl (C=O) groups excluding carboxylic acids is 4. The van der Waals surface area contributed by atoms with Gasteiger partial charge in [0, 0.05) is 16.1 Å². The van der Waals surface area contributed by atoms with Crippen molar-refractivity contribution in [1.29, 1.82) is 0 Å². The molecular weight excluding hydrogens is 484 g/mol. The van der Waals surface area contributed by atoms with Gasteiger partial charge >= 0.3 is 12.1 Å². The van der Waals surface area contributed by atoms with Crippen LogP contribution in [0.25, 0.3) is 0 Å². The Morgan fingerprint density at radius 2 is 1.19 bits per heavy atom. The highest BCUT2D eigenvalue weighted by atomic mass is 35.5. The molecule has 0 fully saturated rings. The van der Waals surface area contributed by atoms with Gasteiger partial charge in [-0.05, 0) is 69.3 Å². The predicted octanol–water partition coefficient (Wildman–Crippen LogP) is 5.59. The van der Waals surface area contributed by atoms with E-state index in [0.29, 0.717) is 10.0 Å². The smallest absolute Gasteiger partial charge is 0.424 e. The number of benzene rings is 3. The maximum absolute atomic E-state index is 13.5. The molecule has 0 aromatic heterocycles. The van der Waals surface area contributed by atoms with Crippen LogP contribution in [0.15, 0.2) is 84.9 Å². The molecule has 0 spiro atoms. The molecule has 8 nitrogen and oxygen atoms in total. The van der Waals surface area contributed by atoms with Gasteiger partial charge in [0.25, 0.3) is 11.8 Å². The van der Waals surface area contributed by atoms with E-state index < -0.39 is 36.2 Å². The lowest BCUT2D eigenvalue weighted by Gasteiger charge is -2.41. The number of amides is 3. The van der Waals surface area contributed by atoms with Gasteiger partial charge in [-0.3, -0.25) is 9.59 Å². The second kappa shape index (κ2) is 11.5. The fraction of sp³-hybridized carbons (Fsp3) is 0.185. The average molecular weight is 509 g/mol. The van der Waals surface area contributed by atoms with Crippen LogP contribution >= 0.6 is 11.6 Å². The Bertz CT molecular complexity index is 1220. The highest BCUT2D eigenvalue weighted by Crippen LogP contribution is 2.24. The number of rotatable bonds is 5. The van der Waals surface area contributed by atoms with Crippen LogP contribution in [-0.2, 0) is 9.47 Å². The van der Waals surface area contributed by atoms with E-state index in [1.165, 1.54) is 24.3 Å². The van der Waals surface area contributed by atoms with E-state index in [-0.39, 0.29) is 16.7 Å². The molecule has 36 heavy (non-hydrogen) atoms. The van der Waals surface area contributed by atoms with E-state index >= 15 is 0 Å². The first-order chi connectivity index (χ1) is 17.1. The first-order valence-corrected chi connectivity index (χ1v) is 11.4. The molecule has 3 aromatic rings. The van der Waals surface area contributed by atoms with Crippen molar-refractivity contribution in [2.45, 2.75) is 26.3 Å². The summed E-state index contributed by atoms with van der Waals surface area (Å²) in [5.41, 5.74) is -0.426. The SMILES string of the molecule is CC(C)(C)N(C(=O)c1ccccc1)N(C(=O)OCOC(=O)c1ccccc1)C(=O)c1ccc(Cl)cc1. The number of hydrogen-bond donors (Lipinski definition) is 0. The van der Waals surface area contributed by atoms with Crippen LogP contribution in [0, 0.1) is 0 Å². The zero-order valence-corrected chi connectivity index (χ0v) is 20.8. The summed E-state index contributed by atoms with van der Waals surface area (Å²) in [6.07, 6.45) is -1.20. The third-order valence-electron chi connectivity index (χ3n) is 4.89. The van der Waals surface area contributed by atoms with Crippen molar-refractivity contribution in [2.24, 2.45) is 0 Å². The number of hydrazine groups is 1. The molecule has 0 aliphatic rings. The summed E-state index contributed by atoms with van der Waals surface area (Å²) < 4.78 is 10.1. The molecule has 3 amide bonds. The predicted molar refractivity (Wildman–Crippen MR) is 133 cm³/mol. The summed E-state index contributed by atoms with van der Waals surface area (Å²) in [4.78, 5) is 52.5. The lowest BCUT2D eigenvalue weighted by molar-refractivity contribution is -0.0585. The largest absolute Gasteiger partial charge is 0.439 e. The fourth-order valence-electron chi connectivity index (χ4n) is 3.22. The van der Waals surface area contributed by atoms with E-state index in [4.69, 9.17) is 21.1 Å². The first-order valence-electron chi connectivity index (χ1n) is 11.0. The van der Waals surface area contributed by atoms with Crippen LogP contribution in [0.4, 0.5) is 4.79 Å². The standard InChI is InChI=1S/C27H25ClN2O6/c1-27(2,3)30(24(32)19-10-6-4-7-11-19)29(23(31)20-14-16-22(28)17-15-20)26(34)36-18-35-25(33)21-12-8-5-9-13-21/h4-17H,18H2,1-3H3. The Hall–Kier alpha value is -4.17. The molecule has 0 bridgehead atoms. The zero-order valence-electron chi connectivity index (χ0n) is 20.0. The molecule has 0 unspecified atom stereocenters. The van der Waals surface area contributed by atoms with Crippen molar-refractivity contribution in [3.8, 4) is 0 Å². The van der Waals surface area contributed by atoms with Gasteiger partial charge in [-0.15, -0.1) is 5.01 Å². The third-order valence-corrected chi connectivity index (χ3v) is 5.14. The van der Waals surface area contributed by atoms with E-state index in [1.807, 2.05) is 0 Å². The maximum Gasteiger partial charge on any atom is 0.439 e. The summed E-state index contributed by atoms with van der Waals surface area (Å²) in [7, 11) is 0. The molecule has 0 N–H and O–H groups in total. The Labute approximate surface area is 213 Å². The Balaban J connectivity index is 1.91. The van der Waals surface area contributed by atoms with Crippen molar-refractivity contribution in [2.75, 3.05) is 6.79 Å². The minimum absolute atomic E-state index is 0.0905. The van der Waals surface area contributed by atoms with Gasteiger partial charge < -0.3 is 9.47 Å². The van der Waals surface area contributed by atoms with Crippen molar-refractivity contribution < 1.29 is 28.7 Å².